The predicted octanol–water partition coefficient (Wildman–Crippen LogP) is 3.70. The Kier molecular flexibility index (Phi) is 3.02. The lowest BCUT2D eigenvalue weighted by molar-refractivity contribution is 0.103. The van der Waals surface area contributed by atoms with Gasteiger partial charge in [-0.25, -0.2) is 0 Å². The van der Waals surface area contributed by atoms with Crippen LogP contribution in [0.1, 0.15) is 21.6 Å². The van der Waals surface area contributed by atoms with Gasteiger partial charge in [0.15, 0.2) is 0 Å². The lowest BCUT2D eigenvalue weighted by Gasteiger charge is -2.03. The lowest BCUT2D eigenvalue weighted by atomic mass is 10.1. The standard InChI is InChI=1S/C16H9ClN2O/c17-13-7-8-19-14(9-13)5-6-15(19)16(20)12-3-1-11(10-18)2-4-12/h1-9H. The van der Waals surface area contributed by atoms with Crippen molar-refractivity contribution < 1.29 is 4.79 Å². The van der Waals surface area contributed by atoms with E-state index in [0.717, 1.165) is 5.52 Å². The molecule has 0 N–H and O–H groups in total. The zero-order valence-electron chi connectivity index (χ0n) is 10.4. The van der Waals surface area contributed by atoms with Gasteiger partial charge in [-0.1, -0.05) is 11.6 Å². The van der Waals surface area contributed by atoms with Crippen LogP contribution in [0.2, 0.25) is 5.02 Å². The second kappa shape index (κ2) is 4.84. The number of nitriles is 1. The van der Waals surface area contributed by atoms with E-state index in [-0.39, 0.29) is 5.78 Å². The summed E-state index contributed by atoms with van der Waals surface area (Å²) in [6.45, 7) is 0. The van der Waals surface area contributed by atoms with E-state index in [1.54, 1.807) is 53.1 Å². The van der Waals surface area contributed by atoms with Crippen LogP contribution in [-0.4, -0.2) is 10.2 Å². The van der Waals surface area contributed by atoms with Crippen molar-refractivity contribution in [3.8, 4) is 6.07 Å². The number of carbonyl (C=O) groups excluding carboxylic acids is 1. The highest BCUT2D eigenvalue weighted by Crippen LogP contribution is 2.18. The molecule has 0 amide bonds. The van der Waals surface area contributed by atoms with Gasteiger partial charge in [0.05, 0.1) is 17.3 Å². The van der Waals surface area contributed by atoms with Crippen molar-refractivity contribution in [2.45, 2.75) is 0 Å². The van der Waals surface area contributed by atoms with Gasteiger partial charge in [-0.3, -0.25) is 4.79 Å². The lowest BCUT2D eigenvalue weighted by Crippen LogP contribution is -2.04. The Morgan fingerprint density at radius 2 is 1.85 bits per heavy atom. The van der Waals surface area contributed by atoms with Crippen molar-refractivity contribution in [3.63, 3.8) is 0 Å². The summed E-state index contributed by atoms with van der Waals surface area (Å²) in [5.74, 6) is -0.0863. The number of carbonyl (C=O) groups is 1. The molecule has 0 spiro atoms. The Morgan fingerprint density at radius 1 is 1.10 bits per heavy atom. The maximum Gasteiger partial charge on any atom is 0.209 e. The molecule has 4 heteroatoms. The summed E-state index contributed by atoms with van der Waals surface area (Å²) in [6.07, 6.45) is 1.77. The Labute approximate surface area is 120 Å². The van der Waals surface area contributed by atoms with Crippen LogP contribution in [0, 0.1) is 11.3 Å². The summed E-state index contributed by atoms with van der Waals surface area (Å²) >= 11 is 5.93. The monoisotopic (exact) mass is 280 g/mol. The molecule has 0 saturated heterocycles. The molecule has 2 aromatic heterocycles. The number of hydrogen-bond acceptors (Lipinski definition) is 2. The third kappa shape index (κ3) is 2.07. The molecule has 96 valence electrons. The second-order valence-electron chi connectivity index (χ2n) is 4.38. The molecule has 0 atom stereocenters. The second-order valence-corrected chi connectivity index (χ2v) is 4.81. The fraction of sp³-hybridized carbons (Fsp3) is 0. The van der Waals surface area contributed by atoms with E-state index in [2.05, 4.69) is 0 Å². The first-order chi connectivity index (χ1) is 9.69. The SMILES string of the molecule is N#Cc1ccc(C(=O)c2ccc3cc(Cl)ccn23)cc1. The molecule has 0 bridgehead atoms. The minimum absolute atomic E-state index is 0.0863. The molecule has 3 aromatic rings. The third-order valence-electron chi connectivity index (χ3n) is 3.13. The van der Waals surface area contributed by atoms with Crippen LogP contribution in [0.15, 0.2) is 54.7 Å². The van der Waals surface area contributed by atoms with Crippen molar-refractivity contribution in [2.75, 3.05) is 0 Å². The zero-order chi connectivity index (χ0) is 14.1. The number of hydrogen-bond donors (Lipinski definition) is 0. The van der Waals surface area contributed by atoms with Gasteiger partial charge < -0.3 is 4.40 Å². The van der Waals surface area contributed by atoms with Crippen LogP contribution >= 0.6 is 11.6 Å². The van der Waals surface area contributed by atoms with Crippen molar-refractivity contribution in [1.82, 2.24) is 4.40 Å². The van der Waals surface area contributed by atoms with Crippen LogP contribution in [0.5, 0.6) is 0 Å². The predicted molar refractivity (Wildman–Crippen MR) is 77.0 cm³/mol. The Hall–Kier alpha value is -2.57. The van der Waals surface area contributed by atoms with E-state index in [1.807, 2.05) is 12.1 Å². The highest BCUT2D eigenvalue weighted by atomic mass is 35.5. The average molecular weight is 281 g/mol. The molecule has 20 heavy (non-hydrogen) atoms. The summed E-state index contributed by atoms with van der Waals surface area (Å²) in [7, 11) is 0. The van der Waals surface area contributed by atoms with E-state index < -0.39 is 0 Å². The van der Waals surface area contributed by atoms with Crippen LogP contribution < -0.4 is 0 Å². The summed E-state index contributed by atoms with van der Waals surface area (Å²) < 4.78 is 1.80. The van der Waals surface area contributed by atoms with Crippen LogP contribution in [0.4, 0.5) is 0 Å². The van der Waals surface area contributed by atoms with Crippen molar-refractivity contribution in [3.05, 3.63) is 76.6 Å². The van der Waals surface area contributed by atoms with Crippen LogP contribution in [0.25, 0.3) is 5.52 Å². The van der Waals surface area contributed by atoms with Gasteiger partial charge >= 0.3 is 0 Å². The van der Waals surface area contributed by atoms with Gasteiger partial charge in [0, 0.05) is 22.3 Å². The van der Waals surface area contributed by atoms with Crippen molar-refractivity contribution in [2.24, 2.45) is 0 Å². The first kappa shape index (κ1) is 12.5. The van der Waals surface area contributed by atoms with E-state index in [1.165, 1.54) is 0 Å². The first-order valence-corrected chi connectivity index (χ1v) is 6.38. The largest absolute Gasteiger partial charge is 0.314 e. The fourth-order valence-corrected chi connectivity index (χ4v) is 2.28. The molecule has 0 aliphatic rings. The first-order valence-electron chi connectivity index (χ1n) is 6.00. The topological polar surface area (TPSA) is 45.3 Å². The van der Waals surface area contributed by atoms with Crippen molar-refractivity contribution >= 4 is 22.9 Å². The summed E-state index contributed by atoms with van der Waals surface area (Å²) in [5.41, 5.74) is 2.53. The van der Waals surface area contributed by atoms with Crippen LogP contribution in [0.3, 0.4) is 0 Å². The van der Waals surface area contributed by atoms with Gasteiger partial charge in [0.2, 0.25) is 5.78 Å². The molecule has 3 rings (SSSR count). The quantitative estimate of drug-likeness (QED) is 0.672. The molecule has 0 aliphatic heterocycles. The number of rotatable bonds is 2. The molecular formula is C16H9ClN2O. The van der Waals surface area contributed by atoms with Gasteiger partial charge in [-0.05, 0) is 48.5 Å². The van der Waals surface area contributed by atoms with E-state index in [4.69, 9.17) is 16.9 Å². The minimum atomic E-state index is -0.0863. The van der Waals surface area contributed by atoms with Crippen LogP contribution in [-0.2, 0) is 0 Å². The highest BCUT2D eigenvalue weighted by molar-refractivity contribution is 6.30. The summed E-state index contributed by atoms with van der Waals surface area (Å²) in [5, 5.41) is 9.40. The maximum absolute atomic E-state index is 12.5. The number of ketones is 1. The minimum Gasteiger partial charge on any atom is -0.314 e. The molecule has 0 saturated carbocycles. The van der Waals surface area contributed by atoms with Gasteiger partial charge in [0.25, 0.3) is 0 Å². The molecule has 0 radical (unpaired) electrons. The van der Waals surface area contributed by atoms with Gasteiger partial charge in [-0.15, -0.1) is 0 Å². The average Bonchev–Trinajstić information content (AvgIpc) is 2.89. The Morgan fingerprint density at radius 3 is 2.55 bits per heavy atom. The molecule has 2 heterocycles. The normalized spacial score (nSPS) is 10.4. The number of benzene rings is 1. The summed E-state index contributed by atoms with van der Waals surface area (Å²) in [4.78, 5) is 12.5. The number of fused-ring (bicyclic) bond motifs is 1. The highest BCUT2D eigenvalue weighted by Gasteiger charge is 2.13. The number of pyridine rings is 1. The molecule has 0 aliphatic carbocycles. The molecule has 1 aromatic carbocycles. The Bertz CT molecular complexity index is 841. The van der Waals surface area contributed by atoms with E-state index >= 15 is 0 Å². The molecule has 0 fully saturated rings. The molecule has 0 unspecified atom stereocenters. The van der Waals surface area contributed by atoms with E-state index in [9.17, 15) is 4.79 Å². The number of nitrogens with zero attached hydrogens (tertiary/aromatic N) is 2. The zero-order valence-corrected chi connectivity index (χ0v) is 11.1. The Balaban J connectivity index is 2.06. The van der Waals surface area contributed by atoms with E-state index in [0.29, 0.717) is 21.8 Å². The smallest absolute Gasteiger partial charge is 0.209 e. The van der Waals surface area contributed by atoms with Crippen molar-refractivity contribution in [1.29, 1.82) is 5.26 Å². The van der Waals surface area contributed by atoms with Gasteiger partial charge in [0.1, 0.15) is 0 Å². The van der Waals surface area contributed by atoms with Gasteiger partial charge in [-0.2, -0.15) is 5.26 Å². The summed E-state index contributed by atoms with van der Waals surface area (Å²) in [6, 6.07) is 15.8. The molecule has 3 nitrogen and oxygen atoms in total. The molecular weight excluding hydrogens is 272 g/mol. The fourth-order valence-electron chi connectivity index (χ4n) is 2.11. The maximum atomic E-state index is 12.5. The third-order valence-corrected chi connectivity index (χ3v) is 3.36. The number of aromatic nitrogens is 1. The number of halogens is 1.